The van der Waals surface area contributed by atoms with Crippen molar-refractivity contribution < 1.29 is 9.59 Å². The maximum absolute atomic E-state index is 12.7. The summed E-state index contributed by atoms with van der Waals surface area (Å²) in [6.07, 6.45) is 4.13. The van der Waals surface area contributed by atoms with Gasteiger partial charge in [-0.15, -0.1) is 0 Å². The fourth-order valence-corrected chi connectivity index (χ4v) is 3.38. The summed E-state index contributed by atoms with van der Waals surface area (Å²) in [5, 5.41) is 0. The van der Waals surface area contributed by atoms with Gasteiger partial charge in [-0.1, -0.05) is 26.8 Å². The Hall–Kier alpha value is -1.84. The standard InChI is InChI=1S/C20H30N2O2/c1-4-11-21(12-5-2)19(23)17-9-6-10-18(14-17)20(24)22-13-7-8-16(3)15-22/h6,9-10,14,16H,4-5,7-8,11-13,15H2,1-3H3. The van der Waals surface area contributed by atoms with Crippen LogP contribution in [0.15, 0.2) is 24.3 Å². The van der Waals surface area contributed by atoms with E-state index in [4.69, 9.17) is 0 Å². The summed E-state index contributed by atoms with van der Waals surface area (Å²) >= 11 is 0. The lowest BCUT2D eigenvalue weighted by atomic mass is 9.99. The molecule has 0 saturated carbocycles. The van der Waals surface area contributed by atoms with Crippen molar-refractivity contribution in [1.29, 1.82) is 0 Å². The Morgan fingerprint density at radius 1 is 1.17 bits per heavy atom. The molecule has 1 aromatic carbocycles. The van der Waals surface area contributed by atoms with Crippen LogP contribution in [0.3, 0.4) is 0 Å². The molecule has 1 unspecified atom stereocenters. The van der Waals surface area contributed by atoms with Gasteiger partial charge in [-0.25, -0.2) is 0 Å². The zero-order valence-electron chi connectivity index (χ0n) is 15.3. The van der Waals surface area contributed by atoms with Crippen LogP contribution in [0, 0.1) is 5.92 Å². The lowest BCUT2D eigenvalue weighted by molar-refractivity contribution is 0.0683. The van der Waals surface area contributed by atoms with Crippen molar-refractivity contribution in [3.8, 4) is 0 Å². The van der Waals surface area contributed by atoms with Gasteiger partial charge in [0.25, 0.3) is 11.8 Å². The minimum Gasteiger partial charge on any atom is -0.339 e. The fraction of sp³-hybridized carbons (Fsp3) is 0.600. The summed E-state index contributed by atoms with van der Waals surface area (Å²) < 4.78 is 0. The van der Waals surface area contributed by atoms with Crippen molar-refractivity contribution in [1.82, 2.24) is 9.80 Å². The third-order valence-corrected chi connectivity index (χ3v) is 4.57. The maximum Gasteiger partial charge on any atom is 0.253 e. The zero-order valence-corrected chi connectivity index (χ0v) is 15.3. The highest BCUT2D eigenvalue weighted by atomic mass is 16.2. The molecular weight excluding hydrogens is 300 g/mol. The third-order valence-electron chi connectivity index (χ3n) is 4.57. The zero-order chi connectivity index (χ0) is 17.5. The Bertz CT molecular complexity index is 533. The van der Waals surface area contributed by atoms with E-state index in [0.717, 1.165) is 45.4 Å². The summed E-state index contributed by atoms with van der Waals surface area (Å²) in [5.41, 5.74) is 1.25. The Labute approximate surface area is 145 Å². The van der Waals surface area contributed by atoms with Crippen molar-refractivity contribution in [2.75, 3.05) is 26.2 Å². The monoisotopic (exact) mass is 330 g/mol. The van der Waals surface area contributed by atoms with Crippen LogP contribution in [0.1, 0.15) is 67.2 Å². The first-order valence-corrected chi connectivity index (χ1v) is 9.25. The summed E-state index contributed by atoms with van der Waals surface area (Å²) in [6, 6.07) is 7.23. The predicted molar refractivity (Wildman–Crippen MR) is 97.2 cm³/mol. The maximum atomic E-state index is 12.7. The molecule has 1 heterocycles. The molecule has 24 heavy (non-hydrogen) atoms. The number of amides is 2. The van der Waals surface area contributed by atoms with Gasteiger partial charge in [-0.2, -0.15) is 0 Å². The number of benzene rings is 1. The molecule has 0 radical (unpaired) electrons. The van der Waals surface area contributed by atoms with E-state index < -0.39 is 0 Å². The molecule has 1 aliphatic rings. The van der Waals surface area contributed by atoms with E-state index in [2.05, 4.69) is 20.8 Å². The van der Waals surface area contributed by atoms with Crippen LogP contribution in [-0.4, -0.2) is 47.8 Å². The van der Waals surface area contributed by atoms with E-state index >= 15 is 0 Å². The van der Waals surface area contributed by atoms with Gasteiger partial charge in [0.05, 0.1) is 0 Å². The topological polar surface area (TPSA) is 40.6 Å². The molecule has 2 amide bonds. The molecule has 0 bridgehead atoms. The van der Waals surface area contributed by atoms with Crippen LogP contribution in [0.25, 0.3) is 0 Å². The second-order valence-corrected chi connectivity index (χ2v) is 6.87. The van der Waals surface area contributed by atoms with Crippen LogP contribution in [-0.2, 0) is 0 Å². The largest absolute Gasteiger partial charge is 0.339 e. The first-order chi connectivity index (χ1) is 11.6. The smallest absolute Gasteiger partial charge is 0.253 e. The van der Waals surface area contributed by atoms with Gasteiger partial charge in [0.15, 0.2) is 0 Å². The number of carbonyl (C=O) groups is 2. The number of carbonyl (C=O) groups excluding carboxylic acids is 2. The van der Waals surface area contributed by atoms with E-state index in [0.29, 0.717) is 17.0 Å². The summed E-state index contributed by atoms with van der Waals surface area (Å²) in [5.74, 6) is 0.631. The molecule has 1 aliphatic heterocycles. The molecule has 0 aromatic heterocycles. The van der Waals surface area contributed by atoms with Gasteiger partial charge in [-0.3, -0.25) is 9.59 Å². The highest BCUT2D eigenvalue weighted by Gasteiger charge is 2.23. The third kappa shape index (κ3) is 4.59. The molecule has 0 aliphatic carbocycles. The number of likely N-dealkylation sites (tertiary alicyclic amines) is 1. The second-order valence-electron chi connectivity index (χ2n) is 6.87. The number of hydrogen-bond acceptors (Lipinski definition) is 2. The number of hydrogen-bond donors (Lipinski definition) is 0. The Kier molecular flexibility index (Phi) is 6.83. The van der Waals surface area contributed by atoms with Gasteiger partial charge in [0, 0.05) is 37.3 Å². The summed E-state index contributed by atoms with van der Waals surface area (Å²) in [7, 11) is 0. The van der Waals surface area contributed by atoms with Crippen molar-refractivity contribution in [2.24, 2.45) is 5.92 Å². The van der Waals surface area contributed by atoms with Gasteiger partial charge < -0.3 is 9.80 Å². The van der Waals surface area contributed by atoms with Crippen molar-refractivity contribution >= 4 is 11.8 Å². The number of piperidine rings is 1. The molecule has 2 rings (SSSR count). The quantitative estimate of drug-likeness (QED) is 0.795. The van der Waals surface area contributed by atoms with Crippen LogP contribution in [0.4, 0.5) is 0 Å². The first kappa shape index (κ1) is 18.5. The molecule has 1 saturated heterocycles. The molecule has 1 aromatic rings. The molecule has 1 atom stereocenters. The Morgan fingerprint density at radius 3 is 2.46 bits per heavy atom. The predicted octanol–water partition coefficient (Wildman–Crippen LogP) is 3.82. The lowest BCUT2D eigenvalue weighted by Crippen LogP contribution is -2.39. The molecule has 4 heteroatoms. The van der Waals surface area contributed by atoms with Gasteiger partial charge in [-0.05, 0) is 49.8 Å². The Morgan fingerprint density at radius 2 is 1.83 bits per heavy atom. The highest BCUT2D eigenvalue weighted by Crippen LogP contribution is 2.19. The molecular formula is C20H30N2O2. The van der Waals surface area contributed by atoms with Crippen LogP contribution >= 0.6 is 0 Å². The number of nitrogens with zero attached hydrogens (tertiary/aromatic N) is 2. The van der Waals surface area contributed by atoms with Crippen molar-refractivity contribution in [3.05, 3.63) is 35.4 Å². The highest BCUT2D eigenvalue weighted by molar-refractivity contribution is 5.99. The van der Waals surface area contributed by atoms with Gasteiger partial charge in [0.2, 0.25) is 0 Å². The minimum atomic E-state index is 0.0281. The SMILES string of the molecule is CCCN(CCC)C(=O)c1cccc(C(=O)N2CCCC(C)C2)c1. The average molecular weight is 330 g/mol. The normalized spacial score (nSPS) is 17.6. The molecule has 1 fully saturated rings. The number of rotatable bonds is 6. The summed E-state index contributed by atoms with van der Waals surface area (Å²) in [6.45, 7) is 9.49. The van der Waals surface area contributed by atoms with Crippen LogP contribution in [0.5, 0.6) is 0 Å². The van der Waals surface area contributed by atoms with Crippen molar-refractivity contribution in [3.63, 3.8) is 0 Å². The van der Waals surface area contributed by atoms with E-state index in [1.165, 1.54) is 6.42 Å². The first-order valence-electron chi connectivity index (χ1n) is 9.25. The molecule has 0 spiro atoms. The molecule has 132 valence electrons. The molecule has 0 N–H and O–H groups in total. The minimum absolute atomic E-state index is 0.0281. The van der Waals surface area contributed by atoms with Crippen LogP contribution in [0.2, 0.25) is 0 Å². The van der Waals surface area contributed by atoms with E-state index in [1.54, 1.807) is 6.07 Å². The summed E-state index contributed by atoms with van der Waals surface area (Å²) in [4.78, 5) is 29.3. The molecule has 4 nitrogen and oxygen atoms in total. The Balaban J connectivity index is 2.15. The van der Waals surface area contributed by atoms with E-state index in [-0.39, 0.29) is 11.8 Å². The van der Waals surface area contributed by atoms with Crippen LogP contribution < -0.4 is 0 Å². The van der Waals surface area contributed by atoms with Gasteiger partial charge in [0.1, 0.15) is 0 Å². The second kappa shape index (κ2) is 8.86. The van der Waals surface area contributed by atoms with E-state index in [1.807, 2.05) is 28.0 Å². The van der Waals surface area contributed by atoms with E-state index in [9.17, 15) is 9.59 Å². The van der Waals surface area contributed by atoms with Gasteiger partial charge >= 0.3 is 0 Å². The lowest BCUT2D eigenvalue weighted by Gasteiger charge is -2.31. The average Bonchev–Trinajstić information content (AvgIpc) is 2.60. The van der Waals surface area contributed by atoms with Crippen molar-refractivity contribution in [2.45, 2.75) is 46.5 Å². The fourth-order valence-electron chi connectivity index (χ4n) is 3.38.